The molecule has 6 nitrogen and oxygen atoms in total. The highest BCUT2D eigenvalue weighted by molar-refractivity contribution is 5.84. The van der Waals surface area contributed by atoms with Crippen molar-refractivity contribution in [3.8, 4) is 0 Å². The first-order chi connectivity index (χ1) is 13.5. The summed E-state index contributed by atoms with van der Waals surface area (Å²) in [5.74, 6) is -2.96. The number of rotatable bonds is 3. The van der Waals surface area contributed by atoms with Crippen LogP contribution < -0.4 is 5.56 Å². The Morgan fingerprint density at radius 2 is 1.86 bits per heavy atom. The van der Waals surface area contributed by atoms with E-state index in [0.29, 0.717) is 17.1 Å². The Balaban J connectivity index is 1.79. The Labute approximate surface area is 154 Å². The van der Waals surface area contributed by atoms with Gasteiger partial charge in [-0.3, -0.25) is 4.79 Å². The summed E-state index contributed by atoms with van der Waals surface area (Å²) < 4.78 is 44.1. The van der Waals surface area contributed by atoms with Crippen molar-refractivity contribution in [3.05, 3.63) is 81.9 Å². The van der Waals surface area contributed by atoms with Crippen molar-refractivity contribution in [3.63, 3.8) is 0 Å². The minimum absolute atomic E-state index is 0.0609. The topological polar surface area (TPSA) is 76.5 Å². The number of hydrogen-bond acceptors (Lipinski definition) is 4. The number of H-pyrrole nitrogens is 1. The average molecular weight is 381 g/mol. The van der Waals surface area contributed by atoms with Gasteiger partial charge in [0.25, 0.3) is 5.56 Å². The molecule has 0 bridgehead atoms. The van der Waals surface area contributed by atoms with Crippen LogP contribution in [0.5, 0.6) is 0 Å². The van der Waals surface area contributed by atoms with Gasteiger partial charge in [-0.1, -0.05) is 18.2 Å². The number of nitrogens with one attached hydrogen (secondary N) is 1. The monoisotopic (exact) mass is 381 g/mol. The maximum atomic E-state index is 14.7. The summed E-state index contributed by atoms with van der Waals surface area (Å²) in [5, 5.41) is 0.0609. The van der Waals surface area contributed by atoms with Gasteiger partial charge in [-0.15, -0.1) is 0 Å². The molecule has 0 spiro atoms. The van der Waals surface area contributed by atoms with Crippen molar-refractivity contribution in [2.75, 3.05) is 0 Å². The molecule has 5 rings (SSSR count). The zero-order chi connectivity index (χ0) is 19.4. The molecule has 1 aromatic carbocycles. The van der Waals surface area contributed by atoms with Gasteiger partial charge in [0.2, 0.25) is 0 Å². The predicted octanol–water partition coefficient (Wildman–Crippen LogP) is 3.09. The van der Waals surface area contributed by atoms with Crippen LogP contribution >= 0.6 is 0 Å². The van der Waals surface area contributed by atoms with Gasteiger partial charge in [-0.05, 0) is 12.1 Å². The minimum Gasteiger partial charge on any atom is -0.317 e. The lowest BCUT2D eigenvalue weighted by Crippen LogP contribution is -2.18. The van der Waals surface area contributed by atoms with E-state index in [-0.39, 0.29) is 23.0 Å². The summed E-state index contributed by atoms with van der Waals surface area (Å²) in [6, 6.07) is 2.12. The van der Waals surface area contributed by atoms with Crippen LogP contribution in [0.3, 0.4) is 0 Å². The number of allylic oxidation sites excluding steroid dienone is 4. The minimum atomic E-state index is -1.24. The van der Waals surface area contributed by atoms with E-state index in [4.69, 9.17) is 0 Å². The van der Waals surface area contributed by atoms with Gasteiger partial charge >= 0.3 is 0 Å². The lowest BCUT2D eigenvalue weighted by atomic mass is 10.1. The zero-order valence-electron chi connectivity index (χ0n) is 14.1. The summed E-state index contributed by atoms with van der Waals surface area (Å²) in [6.45, 7) is -0.160. The van der Waals surface area contributed by atoms with Crippen LogP contribution in [0.4, 0.5) is 13.2 Å². The molecule has 3 aromatic heterocycles. The van der Waals surface area contributed by atoms with E-state index in [1.807, 2.05) is 18.2 Å². The number of fused-ring (bicyclic) bond motifs is 2. The maximum absolute atomic E-state index is 14.7. The lowest BCUT2D eigenvalue weighted by molar-refractivity contribution is 0.513. The van der Waals surface area contributed by atoms with E-state index >= 15 is 0 Å². The molecule has 1 aliphatic rings. The number of hydrogen-bond donors (Lipinski definition) is 1. The van der Waals surface area contributed by atoms with E-state index in [0.717, 1.165) is 11.6 Å². The van der Waals surface area contributed by atoms with Gasteiger partial charge in [0, 0.05) is 28.9 Å². The molecule has 0 aliphatic heterocycles. The highest BCUT2D eigenvalue weighted by Crippen LogP contribution is 2.28. The molecular weight excluding hydrogens is 371 g/mol. The molecule has 4 aromatic rings. The third-order valence-electron chi connectivity index (χ3n) is 4.63. The summed E-state index contributed by atoms with van der Waals surface area (Å²) >= 11 is 0. The molecule has 0 saturated heterocycles. The molecule has 9 heteroatoms. The molecule has 0 amide bonds. The number of nitrogens with zero attached hydrogens (tertiary/aromatic N) is 4. The normalized spacial score (nSPS) is 13.2. The fourth-order valence-corrected chi connectivity index (χ4v) is 3.23. The van der Waals surface area contributed by atoms with Gasteiger partial charge in [-0.2, -0.15) is 0 Å². The second-order valence-electron chi connectivity index (χ2n) is 6.24. The van der Waals surface area contributed by atoms with Crippen LogP contribution in [-0.4, -0.2) is 24.5 Å². The van der Waals surface area contributed by atoms with Crippen LogP contribution in [0, 0.1) is 17.5 Å². The van der Waals surface area contributed by atoms with Gasteiger partial charge < -0.3 is 9.55 Å². The molecular formula is C19H10F3N5O. The van der Waals surface area contributed by atoms with Gasteiger partial charge in [0.1, 0.15) is 5.82 Å². The first-order valence-corrected chi connectivity index (χ1v) is 8.29. The number of halogens is 3. The second-order valence-corrected chi connectivity index (χ2v) is 6.24. The van der Waals surface area contributed by atoms with Crippen LogP contribution in [0.25, 0.3) is 27.8 Å². The van der Waals surface area contributed by atoms with Gasteiger partial charge in [-0.25, -0.2) is 28.1 Å². The third kappa shape index (κ3) is 2.29. The third-order valence-corrected chi connectivity index (χ3v) is 4.63. The second kappa shape index (κ2) is 5.88. The van der Waals surface area contributed by atoms with Gasteiger partial charge in [0.05, 0.1) is 12.1 Å². The van der Waals surface area contributed by atoms with Crippen molar-refractivity contribution in [2.24, 2.45) is 0 Å². The number of aromatic amines is 1. The molecule has 0 saturated carbocycles. The average Bonchev–Trinajstić information content (AvgIpc) is 2.99. The van der Waals surface area contributed by atoms with Crippen LogP contribution in [0.1, 0.15) is 11.4 Å². The number of benzene rings is 1. The molecule has 28 heavy (non-hydrogen) atoms. The summed E-state index contributed by atoms with van der Waals surface area (Å²) in [6.07, 6.45) is 8.41. The van der Waals surface area contributed by atoms with E-state index in [1.54, 1.807) is 4.57 Å². The number of aromatic nitrogens is 5. The Morgan fingerprint density at radius 1 is 1.07 bits per heavy atom. The number of imidazole rings is 1. The largest absolute Gasteiger partial charge is 0.317 e. The maximum Gasteiger partial charge on any atom is 0.284 e. The van der Waals surface area contributed by atoms with Crippen molar-refractivity contribution in [1.29, 1.82) is 0 Å². The Kier molecular flexibility index (Phi) is 3.45. The highest BCUT2D eigenvalue weighted by Gasteiger charge is 2.22. The Hall–Kier alpha value is -3.75. The molecule has 1 N–H and O–H groups in total. The summed E-state index contributed by atoms with van der Waals surface area (Å²) in [7, 11) is 0. The summed E-state index contributed by atoms with van der Waals surface area (Å²) in [4.78, 5) is 26.9. The zero-order valence-corrected chi connectivity index (χ0v) is 14.1. The van der Waals surface area contributed by atoms with Crippen molar-refractivity contribution >= 4 is 27.8 Å². The molecule has 1 aliphatic carbocycles. The fraction of sp³-hybridized carbons (Fsp3) is 0.0526. The first kappa shape index (κ1) is 16.4. The highest BCUT2D eigenvalue weighted by atomic mass is 19.2. The number of pyridine rings is 1. The van der Waals surface area contributed by atoms with E-state index < -0.39 is 23.0 Å². The molecule has 0 radical (unpaired) electrons. The molecule has 0 fully saturated rings. The summed E-state index contributed by atoms with van der Waals surface area (Å²) in [5.41, 5.74) is -0.0908. The van der Waals surface area contributed by atoms with E-state index in [9.17, 15) is 18.0 Å². The fourth-order valence-electron chi connectivity index (χ4n) is 3.23. The molecule has 0 atom stereocenters. The standard InChI is InChI=1S/C19H10F3N5O/c20-12-5-4-10-11(13(21)19(28)25-15(10)14(12)22)8-27-17(9-2-1-3-9)26-16-18(27)24-7-6-23-16/h1-7H,8H2,(H,25,28). The lowest BCUT2D eigenvalue weighted by Gasteiger charge is -2.14. The van der Waals surface area contributed by atoms with Gasteiger partial charge in [0.15, 0.2) is 28.7 Å². The smallest absolute Gasteiger partial charge is 0.284 e. The first-order valence-electron chi connectivity index (χ1n) is 8.29. The molecule has 138 valence electrons. The van der Waals surface area contributed by atoms with Crippen molar-refractivity contribution < 1.29 is 13.2 Å². The Morgan fingerprint density at radius 3 is 2.61 bits per heavy atom. The van der Waals surface area contributed by atoms with Crippen molar-refractivity contribution in [2.45, 2.75) is 6.54 Å². The van der Waals surface area contributed by atoms with Crippen molar-refractivity contribution in [1.82, 2.24) is 24.5 Å². The van der Waals surface area contributed by atoms with Crippen LogP contribution in [0.15, 0.2) is 47.5 Å². The molecule has 3 heterocycles. The van der Waals surface area contributed by atoms with E-state index in [1.165, 1.54) is 18.5 Å². The van der Waals surface area contributed by atoms with E-state index in [2.05, 4.69) is 19.9 Å². The SMILES string of the molecule is O=c1[nH]c2c(F)c(F)ccc2c(Cn2c(C3=CC=C3)nc3nccnc32)c1F. The Bertz CT molecular complexity index is 1400. The quantitative estimate of drug-likeness (QED) is 0.592. The molecule has 0 unspecified atom stereocenters. The van der Waals surface area contributed by atoms with Crippen LogP contribution in [-0.2, 0) is 6.54 Å². The predicted molar refractivity (Wildman–Crippen MR) is 96.0 cm³/mol. The van der Waals surface area contributed by atoms with Crippen LogP contribution in [0.2, 0.25) is 0 Å².